The summed E-state index contributed by atoms with van der Waals surface area (Å²) in [5, 5.41) is 0. The number of hydrogen-bond acceptors (Lipinski definition) is 0. The molecule has 0 heteroatoms. The largest absolute Gasteiger partial charge is 0.0776 e. The Morgan fingerprint density at radius 1 is 0.327 bits per heavy atom. The summed E-state index contributed by atoms with van der Waals surface area (Å²) in [6.07, 6.45) is 15.0. The predicted molar refractivity (Wildman–Crippen MR) is 242 cm³/mol. The molecule has 3 aliphatic rings. The molecule has 3 rings (SSSR count). The van der Waals surface area contributed by atoms with Crippen molar-refractivity contribution in [2.45, 2.75) is 265 Å². The van der Waals surface area contributed by atoms with E-state index in [4.69, 9.17) is 0 Å². The fourth-order valence-electron chi connectivity index (χ4n) is 5.63. The fourth-order valence-corrected chi connectivity index (χ4v) is 5.63. The third-order valence-electron chi connectivity index (χ3n) is 7.02. The lowest BCUT2D eigenvalue weighted by Crippen LogP contribution is -2.33. The summed E-state index contributed by atoms with van der Waals surface area (Å²) in [4.78, 5) is 0. The maximum atomic E-state index is 2.44. The van der Waals surface area contributed by atoms with Crippen molar-refractivity contribution < 1.29 is 1.43 Å². The van der Waals surface area contributed by atoms with Gasteiger partial charge in [0.15, 0.2) is 0 Å². The average molecular weight is 704 g/mol. The summed E-state index contributed by atoms with van der Waals surface area (Å²) in [6, 6.07) is 0. The first-order chi connectivity index (χ1) is 21.2. The molecule has 0 heterocycles. The molecule has 3 aliphatic carbocycles. The summed E-state index contributed by atoms with van der Waals surface area (Å²) in [5.74, 6) is 4.23. The molecular weight excluding hydrogens is 589 g/mol. The van der Waals surface area contributed by atoms with Crippen LogP contribution in [0.1, 0.15) is 267 Å². The van der Waals surface area contributed by atoms with Gasteiger partial charge in [-0.1, -0.05) is 240 Å². The van der Waals surface area contributed by atoms with E-state index in [1.165, 1.54) is 64.2 Å². The molecule has 0 aromatic heterocycles. The predicted octanol–water partition coefficient (Wildman–Crippen LogP) is 19.6. The van der Waals surface area contributed by atoms with Crippen LogP contribution in [-0.2, 0) is 0 Å². The molecule has 0 spiro atoms. The molecule has 0 saturated heterocycles. The topological polar surface area (TPSA) is 0 Å². The molecule has 310 valence electrons. The van der Waals surface area contributed by atoms with Crippen LogP contribution in [0.3, 0.4) is 0 Å². The van der Waals surface area contributed by atoms with Crippen LogP contribution in [0.2, 0.25) is 0 Å². The summed E-state index contributed by atoms with van der Waals surface area (Å²) in [6.45, 7) is 61.4. The maximum Gasteiger partial charge on any atom is 0 e. The molecule has 0 radical (unpaired) electrons. The van der Waals surface area contributed by atoms with Gasteiger partial charge >= 0.3 is 0 Å². The van der Waals surface area contributed by atoms with Gasteiger partial charge in [-0.15, -0.1) is 0 Å². The third kappa shape index (κ3) is 66.8. The van der Waals surface area contributed by atoms with Crippen molar-refractivity contribution in [3.63, 3.8) is 0 Å². The van der Waals surface area contributed by atoms with Crippen molar-refractivity contribution in [1.29, 1.82) is 0 Å². The van der Waals surface area contributed by atoms with Crippen LogP contribution < -0.4 is 0 Å². The molecule has 0 N–H and O–H groups in total. The first-order valence-corrected chi connectivity index (χ1v) is 21.2. The Morgan fingerprint density at radius 2 is 0.571 bits per heavy atom. The summed E-state index contributed by atoms with van der Waals surface area (Å²) >= 11 is 0. The second-order valence-corrected chi connectivity index (χ2v) is 22.6. The highest BCUT2D eigenvalue weighted by atomic mass is 14.5. The lowest BCUT2D eigenvalue weighted by Gasteiger charge is -2.42. The van der Waals surface area contributed by atoms with E-state index in [-0.39, 0.29) is 8.85 Å². The zero-order chi connectivity index (χ0) is 40.4. The zero-order valence-electron chi connectivity index (χ0n) is 40.4. The van der Waals surface area contributed by atoms with E-state index in [0.717, 1.165) is 23.7 Å². The SMILES string of the molecule is C.CC.CC.CC.CC(C)(C)C.CC(C)(C)C.CC(C)(C)C.CC(C)(C)C.CC(C)(C)C1CCCC1.CC(C)(C)C1CCCC2CCCC21.[2HH]. The van der Waals surface area contributed by atoms with Crippen molar-refractivity contribution in [1.82, 2.24) is 0 Å². The van der Waals surface area contributed by atoms with Gasteiger partial charge in [0.1, 0.15) is 0 Å². The quantitative estimate of drug-likeness (QED) is 0.236. The van der Waals surface area contributed by atoms with Gasteiger partial charge in [0, 0.05) is 1.43 Å². The highest BCUT2D eigenvalue weighted by Gasteiger charge is 2.41. The van der Waals surface area contributed by atoms with Gasteiger partial charge in [0.05, 0.1) is 0 Å². The van der Waals surface area contributed by atoms with E-state index in [0.29, 0.717) is 32.5 Å². The van der Waals surface area contributed by atoms with Gasteiger partial charge in [-0.05, 0) is 81.8 Å². The highest BCUT2D eigenvalue weighted by molar-refractivity contribution is 4.91. The van der Waals surface area contributed by atoms with Gasteiger partial charge in [0.2, 0.25) is 0 Å². The lowest BCUT2D eigenvalue weighted by atomic mass is 9.63. The molecule has 3 atom stereocenters. The third-order valence-corrected chi connectivity index (χ3v) is 7.02. The van der Waals surface area contributed by atoms with E-state index < -0.39 is 0 Å². The summed E-state index contributed by atoms with van der Waals surface area (Å²) < 4.78 is 0. The van der Waals surface area contributed by atoms with Crippen LogP contribution in [0, 0.1) is 56.2 Å². The first-order valence-electron chi connectivity index (χ1n) is 21.2. The fraction of sp³-hybridized carbons (Fsp3) is 1.00. The Balaban J connectivity index is -0.0000000711. The van der Waals surface area contributed by atoms with Gasteiger partial charge in [-0.3, -0.25) is 0 Å². The van der Waals surface area contributed by atoms with E-state index in [9.17, 15) is 0 Å². The molecule has 0 bridgehead atoms. The Labute approximate surface area is 322 Å². The van der Waals surface area contributed by atoms with Crippen LogP contribution in [0.25, 0.3) is 0 Å². The van der Waals surface area contributed by atoms with Crippen molar-refractivity contribution in [2.24, 2.45) is 56.2 Å². The summed E-state index contributed by atoms with van der Waals surface area (Å²) in [7, 11) is 0. The van der Waals surface area contributed by atoms with Crippen molar-refractivity contribution >= 4 is 0 Å². The van der Waals surface area contributed by atoms with Crippen molar-refractivity contribution in [3.05, 3.63) is 0 Å². The smallest absolute Gasteiger partial charge is 0 e. The van der Waals surface area contributed by atoms with E-state index in [2.05, 4.69) is 152 Å². The van der Waals surface area contributed by atoms with E-state index in [1.807, 2.05) is 41.5 Å². The lowest BCUT2D eigenvalue weighted by molar-refractivity contribution is 0.0792. The monoisotopic (exact) mass is 704 g/mol. The first kappa shape index (κ1) is 64.0. The Kier molecular flexibility index (Phi) is 41.2. The normalized spacial score (nSPS) is 20.2. The Bertz CT molecular complexity index is 552. The van der Waals surface area contributed by atoms with Crippen LogP contribution in [0.4, 0.5) is 0 Å². The molecule has 3 fully saturated rings. The van der Waals surface area contributed by atoms with Crippen molar-refractivity contribution in [3.8, 4) is 0 Å². The second kappa shape index (κ2) is 31.5. The maximum absolute atomic E-state index is 2.44. The standard InChI is InChI=1S/C13H24.C9H18.4C5H12.3C2H6.CH4.H2/c1-13(2,3)12-9-5-7-10-6-4-8-11(10)12;1-9(2,3)8-6-4-5-7-8;4*1-5(2,3)4;3*1-2;;/h10-12H,4-9H2,1-3H3;8H,4-7H2,1-3H3;4*1-4H3;3*1-2H3;1H4;1H/i;;;;;;;;;;1+1. The molecular formula is C49H114. The van der Waals surface area contributed by atoms with Crippen LogP contribution in [0.5, 0.6) is 0 Å². The minimum Gasteiger partial charge on any atom is -0.0776 e. The molecule has 0 amide bonds. The summed E-state index contributed by atoms with van der Waals surface area (Å²) in [5.41, 5.74) is 3.14. The zero-order valence-corrected chi connectivity index (χ0v) is 40.4. The molecule has 0 nitrogen and oxygen atoms in total. The molecule has 0 aromatic rings. The molecule has 49 heavy (non-hydrogen) atoms. The second-order valence-electron chi connectivity index (χ2n) is 22.6. The highest BCUT2D eigenvalue weighted by Crippen LogP contribution is 2.51. The minimum absolute atomic E-state index is 0. The van der Waals surface area contributed by atoms with Crippen LogP contribution in [-0.4, -0.2) is 0 Å². The van der Waals surface area contributed by atoms with E-state index in [1.54, 1.807) is 0 Å². The Hall–Kier alpha value is 0. The molecule has 0 aromatic carbocycles. The van der Waals surface area contributed by atoms with Gasteiger partial charge < -0.3 is 0 Å². The van der Waals surface area contributed by atoms with Gasteiger partial charge in [-0.25, -0.2) is 0 Å². The molecule has 3 unspecified atom stereocenters. The number of fused-ring (bicyclic) bond motifs is 1. The molecule has 3 saturated carbocycles. The molecule has 0 aliphatic heterocycles. The van der Waals surface area contributed by atoms with Crippen molar-refractivity contribution in [2.75, 3.05) is 0 Å². The minimum atomic E-state index is 0. The van der Waals surface area contributed by atoms with Crippen LogP contribution >= 0.6 is 0 Å². The van der Waals surface area contributed by atoms with Crippen LogP contribution in [0.15, 0.2) is 0 Å². The number of hydrogen-bond donors (Lipinski definition) is 0. The van der Waals surface area contributed by atoms with E-state index >= 15 is 0 Å². The van der Waals surface area contributed by atoms with Gasteiger partial charge in [0.25, 0.3) is 0 Å². The average Bonchev–Trinajstić information content (AvgIpc) is 3.56. The van der Waals surface area contributed by atoms with Gasteiger partial charge in [-0.2, -0.15) is 0 Å². The Morgan fingerprint density at radius 3 is 0.776 bits per heavy atom. The number of rotatable bonds is 0.